The maximum Gasteiger partial charge on any atom is 0.335 e. The summed E-state index contributed by atoms with van der Waals surface area (Å²) in [6.45, 7) is 0.770. The van der Waals surface area contributed by atoms with Crippen molar-refractivity contribution < 1.29 is 14.7 Å². The number of carbonyl (C=O) groups is 2. The summed E-state index contributed by atoms with van der Waals surface area (Å²) in [6, 6.07) is 7.51. The number of carboxylic acid groups (broad SMARTS) is 1. The van der Waals surface area contributed by atoms with E-state index in [4.69, 9.17) is 10.4 Å². The van der Waals surface area contributed by atoms with Crippen molar-refractivity contribution in [2.24, 2.45) is 0 Å². The van der Waals surface area contributed by atoms with Gasteiger partial charge in [0.05, 0.1) is 5.56 Å². The number of carboxylic acids is 1. The molecule has 1 fully saturated rings. The maximum atomic E-state index is 12.2. The number of rotatable bonds is 3. The van der Waals surface area contributed by atoms with Crippen molar-refractivity contribution in [1.29, 1.82) is 5.26 Å². The average Bonchev–Trinajstić information content (AvgIpc) is 2.93. The molecule has 19 heavy (non-hydrogen) atoms. The van der Waals surface area contributed by atoms with Gasteiger partial charge >= 0.3 is 5.97 Å². The van der Waals surface area contributed by atoms with Gasteiger partial charge in [0.1, 0.15) is 11.6 Å². The van der Waals surface area contributed by atoms with Crippen LogP contribution in [0.2, 0.25) is 0 Å². The lowest BCUT2D eigenvalue weighted by atomic mass is 10.0. The molecule has 0 saturated carbocycles. The van der Waals surface area contributed by atoms with Crippen molar-refractivity contribution in [1.82, 2.24) is 5.32 Å². The Morgan fingerprint density at radius 2 is 1.84 bits per heavy atom. The summed E-state index contributed by atoms with van der Waals surface area (Å²) < 4.78 is 0. The first-order valence-corrected chi connectivity index (χ1v) is 5.88. The van der Waals surface area contributed by atoms with Gasteiger partial charge in [-0.3, -0.25) is 4.79 Å². The molecular weight excluding hydrogens is 244 g/mol. The van der Waals surface area contributed by atoms with E-state index in [2.05, 4.69) is 5.32 Å². The normalized spacial score (nSPS) is 16.4. The standard InChI is InChI=1S/C14H12N2O3/c15-8-11(12-2-1-7-16-12)13(17)9-3-5-10(6-4-9)14(18)19/h3-6,16H,1-2,7H2,(H,18,19)/b12-11-. The van der Waals surface area contributed by atoms with Crippen LogP contribution in [0.5, 0.6) is 0 Å². The molecule has 5 nitrogen and oxygen atoms in total. The van der Waals surface area contributed by atoms with Gasteiger partial charge in [0.2, 0.25) is 5.78 Å². The van der Waals surface area contributed by atoms with Crippen LogP contribution in [0.4, 0.5) is 0 Å². The van der Waals surface area contributed by atoms with Crippen molar-refractivity contribution in [2.75, 3.05) is 6.54 Å². The largest absolute Gasteiger partial charge is 0.478 e. The van der Waals surface area contributed by atoms with Crippen LogP contribution in [0.25, 0.3) is 0 Å². The van der Waals surface area contributed by atoms with Crippen LogP contribution in [0, 0.1) is 11.3 Å². The van der Waals surface area contributed by atoms with E-state index in [1.54, 1.807) is 0 Å². The third kappa shape index (κ3) is 2.63. The number of nitrogens with one attached hydrogen (secondary N) is 1. The van der Waals surface area contributed by atoms with Crippen molar-refractivity contribution >= 4 is 11.8 Å². The zero-order chi connectivity index (χ0) is 13.8. The number of hydrogen-bond donors (Lipinski definition) is 2. The summed E-state index contributed by atoms with van der Waals surface area (Å²) in [6.07, 6.45) is 1.60. The molecule has 0 radical (unpaired) electrons. The van der Waals surface area contributed by atoms with Gasteiger partial charge in [0, 0.05) is 17.8 Å². The second-order valence-electron chi connectivity index (χ2n) is 4.21. The summed E-state index contributed by atoms with van der Waals surface area (Å²) in [5.41, 5.74) is 1.22. The molecule has 0 spiro atoms. The molecule has 96 valence electrons. The highest BCUT2D eigenvalue weighted by molar-refractivity contribution is 6.12. The first-order chi connectivity index (χ1) is 9.13. The topological polar surface area (TPSA) is 90.2 Å². The Balaban J connectivity index is 2.31. The van der Waals surface area contributed by atoms with E-state index in [1.807, 2.05) is 6.07 Å². The number of Topliss-reactive ketones (excluding diaryl/α,β-unsaturated/α-hetero) is 1. The van der Waals surface area contributed by atoms with Crippen molar-refractivity contribution in [3.05, 3.63) is 46.7 Å². The average molecular weight is 256 g/mol. The highest BCUT2D eigenvalue weighted by Crippen LogP contribution is 2.18. The fourth-order valence-electron chi connectivity index (χ4n) is 1.97. The van der Waals surface area contributed by atoms with E-state index < -0.39 is 5.97 Å². The molecule has 1 aliphatic rings. The maximum absolute atomic E-state index is 12.2. The lowest BCUT2D eigenvalue weighted by molar-refractivity contribution is 0.0696. The molecule has 0 aliphatic carbocycles. The molecular formula is C14H12N2O3. The lowest BCUT2D eigenvalue weighted by Crippen LogP contribution is -2.12. The van der Waals surface area contributed by atoms with Gasteiger partial charge in [0.15, 0.2) is 0 Å². The number of nitriles is 1. The van der Waals surface area contributed by atoms with Gasteiger partial charge in [-0.05, 0) is 25.0 Å². The Labute approximate surface area is 110 Å². The molecule has 2 N–H and O–H groups in total. The predicted octanol–water partition coefficient (Wildman–Crippen LogP) is 1.73. The monoisotopic (exact) mass is 256 g/mol. The SMILES string of the molecule is N#C/C(C(=O)c1ccc(C(=O)O)cc1)=C1\CCCN1. The second-order valence-corrected chi connectivity index (χ2v) is 4.21. The summed E-state index contributed by atoms with van der Waals surface area (Å²) in [5.74, 6) is -1.42. The van der Waals surface area contributed by atoms with E-state index >= 15 is 0 Å². The summed E-state index contributed by atoms with van der Waals surface area (Å²) >= 11 is 0. The Morgan fingerprint density at radius 1 is 1.21 bits per heavy atom. The van der Waals surface area contributed by atoms with Crippen LogP contribution in [-0.2, 0) is 0 Å². The van der Waals surface area contributed by atoms with Crippen LogP contribution >= 0.6 is 0 Å². The zero-order valence-corrected chi connectivity index (χ0v) is 10.1. The number of ketones is 1. The Morgan fingerprint density at radius 3 is 2.32 bits per heavy atom. The van der Waals surface area contributed by atoms with Crippen molar-refractivity contribution in [2.45, 2.75) is 12.8 Å². The van der Waals surface area contributed by atoms with Gasteiger partial charge in [-0.1, -0.05) is 12.1 Å². The molecule has 0 unspecified atom stereocenters. The Bertz CT molecular complexity index is 586. The third-order valence-electron chi connectivity index (χ3n) is 2.98. The molecule has 1 saturated heterocycles. The molecule has 0 atom stereocenters. The number of nitrogens with zero attached hydrogens (tertiary/aromatic N) is 1. The van der Waals surface area contributed by atoms with E-state index in [-0.39, 0.29) is 16.9 Å². The zero-order valence-electron chi connectivity index (χ0n) is 10.1. The molecule has 0 bridgehead atoms. The van der Waals surface area contributed by atoms with E-state index in [9.17, 15) is 9.59 Å². The number of carbonyl (C=O) groups excluding carboxylic acids is 1. The smallest absolute Gasteiger partial charge is 0.335 e. The minimum Gasteiger partial charge on any atom is -0.478 e. The molecule has 1 aliphatic heterocycles. The molecule has 1 aromatic carbocycles. The van der Waals surface area contributed by atoms with Crippen LogP contribution < -0.4 is 5.32 Å². The van der Waals surface area contributed by atoms with Gasteiger partial charge in [-0.25, -0.2) is 4.79 Å². The molecule has 0 aromatic heterocycles. The quantitative estimate of drug-likeness (QED) is 0.488. The molecule has 1 aromatic rings. The highest BCUT2D eigenvalue weighted by atomic mass is 16.4. The third-order valence-corrected chi connectivity index (χ3v) is 2.98. The fraction of sp³-hybridized carbons (Fsp3) is 0.214. The Kier molecular flexibility index (Phi) is 3.62. The first kappa shape index (κ1) is 12.8. The Hall–Kier alpha value is -2.61. The molecule has 0 amide bonds. The van der Waals surface area contributed by atoms with Crippen LogP contribution in [0.3, 0.4) is 0 Å². The predicted molar refractivity (Wildman–Crippen MR) is 67.6 cm³/mol. The minimum atomic E-state index is -1.05. The van der Waals surface area contributed by atoms with Gasteiger partial charge < -0.3 is 10.4 Å². The molecule has 5 heteroatoms. The van der Waals surface area contributed by atoms with Crippen LogP contribution in [0.1, 0.15) is 33.6 Å². The van der Waals surface area contributed by atoms with Crippen LogP contribution in [0.15, 0.2) is 35.5 Å². The summed E-state index contributed by atoms with van der Waals surface area (Å²) in [5, 5.41) is 20.9. The second kappa shape index (κ2) is 5.36. The number of allylic oxidation sites excluding steroid dienone is 2. The van der Waals surface area contributed by atoms with Gasteiger partial charge in [-0.2, -0.15) is 5.26 Å². The summed E-state index contributed by atoms with van der Waals surface area (Å²) in [7, 11) is 0. The number of aromatic carboxylic acids is 1. The van der Waals surface area contributed by atoms with Crippen LogP contribution in [-0.4, -0.2) is 23.4 Å². The molecule has 1 heterocycles. The number of hydrogen-bond acceptors (Lipinski definition) is 4. The first-order valence-electron chi connectivity index (χ1n) is 5.88. The van der Waals surface area contributed by atoms with E-state index in [1.165, 1.54) is 24.3 Å². The van der Waals surface area contributed by atoms with E-state index in [0.717, 1.165) is 13.0 Å². The fourth-order valence-corrected chi connectivity index (χ4v) is 1.97. The summed E-state index contributed by atoms with van der Waals surface area (Å²) in [4.78, 5) is 22.9. The molecule has 2 rings (SSSR count). The van der Waals surface area contributed by atoms with Gasteiger partial charge in [0.25, 0.3) is 0 Å². The van der Waals surface area contributed by atoms with Crippen molar-refractivity contribution in [3.8, 4) is 6.07 Å². The highest BCUT2D eigenvalue weighted by Gasteiger charge is 2.19. The minimum absolute atomic E-state index is 0.112. The number of benzene rings is 1. The van der Waals surface area contributed by atoms with Gasteiger partial charge in [-0.15, -0.1) is 0 Å². The van der Waals surface area contributed by atoms with E-state index in [0.29, 0.717) is 17.7 Å². The van der Waals surface area contributed by atoms with Crippen molar-refractivity contribution in [3.63, 3.8) is 0 Å². The lowest BCUT2D eigenvalue weighted by Gasteiger charge is -2.04.